The van der Waals surface area contributed by atoms with E-state index < -0.39 is 28.2 Å². The highest BCUT2D eigenvalue weighted by Gasteiger charge is 2.14. The van der Waals surface area contributed by atoms with Crippen LogP contribution in [0.25, 0.3) is 0 Å². The first-order valence-corrected chi connectivity index (χ1v) is 8.36. The Kier molecular flexibility index (Phi) is 7.64. The zero-order chi connectivity index (χ0) is 19.6. The minimum Gasteiger partial charge on any atom is -0.502 e. The van der Waals surface area contributed by atoms with Crippen molar-refractivity contribution >= 4 is 23.7 Å². The third-order valence-electron chi connectivity index (χ3n) is 3.82. The van der Waals surface area contributed by atoms with Crippen LogP contribution in [0.1, 0.15) is 12.0 Å². The van der Waals surface area contributed by atoms with Gasteiger partial charge in [0.05, 0.1) is 24.4 Å². The predicted octanol–water partition coefficient (Wildman–Crippen LogP) is -0.411. The lowest BCUT2D eigenvalue weighted by molar-refractivity contribution is -0.385. The van der Waals surface area contributed by atoms with Crippen molar-refractivity contribution in [3.05, 3.63) is 33.9 Å². The third kappa shape index (κ3) is 6.64. The molecule has 1 heterocycles. The van der Waals surface area contributed by atoms with E-state index in [-0.39, 0.29) is 5.56 Å². The van der Waals surface area contributed by atoms with E-state index >= 15 is 0 Å². The number of hydrogen-bond acceptors (Lipinski definition) is 8. The Balaban J connectivity index is 1.71. The van der Waals surface area contributed by atoms with Gasteiger partial charge in [0, 0.05) is 31.3 Å². The van der Waals surface area contributed by atoms with Gasteiger partial charge in [0.15, 0.2) is 5.75 Å². The van der Waals surface area contributed by atoms with Gasteiger partial charge in [-0.25, -0.2) is 5.43 Å². The van der Waals surface area contributed by atoms with Crippen LogP contribution >= 0.6 is 0 Å². The number of nitrogens with one attached hydrogen (secondary N) is 2. The Morgan fingerprint density at radius 1 is 1.33 bits per heavy atom. The summed E-state index contributed by atoms with van der Waals surface area (Å²) in [4.78, 5) is 35.5. The van der Waals surface area contributed by atoms with Gasteiger partial charge < -0.3 is 15.2 Å². The minimum absolute atomic E-state index is 0.283. The van der Waals surface area contributed by atoms with Crippen molar-refractivity contribution in [1.29, 1.82) is 0 Å². The quantitative estimate of drug-likeness (QED) is 0.192. The molecule has 2 rings (SSSR count). The first kappa shape index (κ1) is 20.3. The van der Waals surface area contributed by atoms with Gasteiger partial charge in [-0.05, 0) is 25.1 Å². The molecule has 27 heavy (non-hydrogen) atoms. The van der Waals surface area contributed by atoms with E-state index in [1.807, 2.05) is 5.43 Å². The third-order valence-corrected chi connectivity index (χ3v) is 3.82. The highest BCUT2D eigenvalue weighted by molar-refractivity contribution is 6.35. The molecule has 3 N–H and O–H groups in total. The van der Waals surface area contributed by atoms with Gasteiger partial charge in [0.25, 0.3) is 0 Å². The number of nitro groups is 1. The number of hydrogen-bond donors (Lipinski definition) is 3. The largest absolute Gasteiger partial charge is 0.502 e. The van der Waals surface area contributed by atoms with Crippen molar-refractivity contribution in [3.8, 4) is 5.75 Å². The number of carbonyl (C=O) groups excluding carboxylic acids is 2. The second-order valence-corrected chi connectivity index (χ2v) is 5.77. The molecule has 0 aromatic heterocycles. The molecule has 146 valence electrons. The molecule has 0 saturated carbocycles. The number of carbonyl (C=O) groups is 2. The van der Waals surface area contributed by atoms with Crippen molar-refractivity contribution in [2.75, 3.05) is 39.4 Å². The van der Waals surface area contributed by atoms with Crippen molar-refractivity contribution in [1.82, 2.24) is 15.6 Å². The summed E-state index contributed by atoms with van der Waals surface area (Å²) in [5.74, 6) is -2.23. The first-order valence-electron chi connectivity index (χ1n) is 8.36. The number of phenols is 1. The van der Waals surface area contributed by atoms with Crippen LogP contribution in [0.15, 0.2) is 23.3 Å². The smallest absolute Gasteiger partial charge is 0.329 e. The van der Waals surface area contributed by atoms with Gasteiger partial charge in [-0.1, -0.05) is 0 Å². The lowest BCUT2D eigenvalue weighted by Crippen LogP contribution is -2.40. The number of aromatic hydroxyl groups is 1. The molecular weight excluding hydrogens is 358 g/mol. The molecule has 0 aliphatic carbocycles. The fourth-order valence-electron chi connectivity index (χ4n) is 2.39. The van der Waals surface area contributed by atoms with E-state index in [1.165, 1.54) is 6.07 Å². The van der Waals surface area contributed by atoms with Gasteiger partial charge in [0.1, 0.15) is 0 Å². The fourth-order valence-corrected chi connectivity index (χ4v) is 2.39. The SMILES string of the molecule is O=C(NCCCN1CCOCC1)C(=O)N/N=C/c1ccc(O)c([N+](=O)[O-])c1. The average Bonchev–Trinajstić information content (AvgIpc) is 2.66. The molecule has 2 amide bonds. The average molecular weight is 379 g/mol. The summed E-state index contributed by atoms with van der Waals surface area (Å²) in [5, 5.41) is 26.2. The fraction of sp³-hybridized carbons (Fsp3) is 0.438. The molecule has 1 aliphatic heterocycles. The van der Waals surface area contributed by atoms with Crippen LogP contribution in [0.4, 0.5) is 5.69 Å². The van der Waals surface area contributed by atoms with Crippen LogP contribution in [0.5, 0.6) is 5.75 Å². The number of nitrogens with zero attached hydrogens (tertiary/aromatic N) is 3. The molecule has 0 atom stereocenters. The molecule has 1 aromatic rings. The number of nitro benzene ring substituents is 1. The van der Waals surface area contributed by atoms with Crippen molar-refractivity contribution in [2.24, 2.45) is 5.10 Å². The first-order chi connectivity index (χ1) is 13.0. The molecule has 0 spiro atoms. The summed E-state index contributed by atoms with van der Waals surface area (Å²) in [6, 6.07) is 3.61. The summed E-state index contributed by atoms with van der Waals surface area (Å²) in [7, 11) is 0. The summed E-state index contributed by atoms with van der Waals surface area (Å²) < 4.78 is 5.25. The zero-order valence-electron chi connectivity index (χ0n) is 14.6. The van der Waals surface area contributed by atoms with E-state index in [2.05, 4.69) is 15.3 Å². The lowest BCUT2D eigenvalue weighted by Gasteiger charge is -2.26. The monoisotopic (exact) mass is 379 g/mol. The van der Waals surface area contributed by atoms with Crippen LogP contribution in [-0.2, 0) is 14.3 Å². The number of amides is 2. The van der Waals surface area contributed by atoms with Crippen LogP contribution in [0.2, 0.25) is 0 Å². The summed E-state index contributed by atoms with van der Waals surface area (Å²) in [6.07, 6.45) is 1.84. The number of phenolic OH excluding ortho intramolecular Hbond substituents is 1. The second kappa shape index (κ2) is 10.2. The topological polar surface area (TPSA) is 146 Å². The van der Waals surface area contributed by atoms with Gasteiger partial charge in [-0.15, -0.1) is 0 Å². The zero-order valence-corrected chi connectivity index (χ0v) is 14.6. The van der Waals surface area contributed by atoms with Gasteiger partial charge >= 0.3 is 17.5 Å². The van der Waals surface area contributed by atoms with Crippen molar-refractivity contribution in [2.45, 2.75) is 6.42 Å². The molecule has 1 saturated heterocycles. The minimum atomic E-state index is -0.939. The standard InChI is InChI=1S/C16H21N5O6/c22-14-3-2-12(10-13(14)21(25)26)11-18-19-16(24)15(23)17-4-1-5-20-6-8-27-9-7-20/h2-3,10-11,22H,1,4-9H2,(H,17,23)(H,19,24)/b18-11+. The maximum Gasteiger partial charge on any atom is 0.329 e. The number of ether oxygens (including phenoxy) is 1. The Bertz CT molecular complexity index is 717. The normalized spacial score (nSPS) is 14.8. The van der Waals surface area contributed by atoms with Crippen molar-refractivity contribution < 1.29 is 24.4 Å². The second-order valence-electron chi connectivity index (χ2n) is 5.77. The molecule has 1 aromatic carbocycles. The molecular formula is C16H21N5O6. The Hall–Kier alpha value is -3.05. The lowest BCUT2D eigenvalue weighted by atomic mass is 10.2. The maximum atomic E-state index is 11.7. The predicted molar refractivity (Wildman–Crippen MR) is 95.4 cm³/mol. The summed E-state index contributed by atoms with van der Waals surface area (Å²) in [5.41, 5.74) is 1.84. The van der Waals surface area contributed by atoms with E-state index in [0.717, 1.165) is 38.0 Å². The van der Waals surface area contributed by atoms with E-state index in [1.54, 1.807) is 0 Å². The summed E-state index contributed by atoms with van der Waals surface area (Å²) in [6.45, 7) is 4.30. The van der Waals surface area contributed by atoms with E-state index in [0.29, 0.717) is 26.2 Å². The molecule has 0 bridgehead atoms. The van der Waals surface area contributed by atoms with Crippen LogP contribution in [0, 0.1) is 10.1 Å². The van der Waals surface area contributed by atoms with Crippen LogP contribution in [0.3, 0.4) is 0 Å². The van der Waals surface area contributed by atoms with Gasteiger partial charge in [0.2, 0.25) is 0 Å². The summed E-state index contributed by atoms with van der Waals surface area (Å²) >= 11 is 0. The van der Waals surface area contributed by atoms with E-state index in [9.17, 15) is 24.8 Å². The number of rotatable bonds is 7. The van der Waals surface area contributed by atoms with Gasteiger partial charge in [-0.2, -0.15) is 5.10 Å². The molecule has 1 fully saturated rings. The molecule has 11 nitrogen and oxygen atoms in total. The number of morpholine rings is 1. The van der Waals surface area contributed by atoms with E-state index in [4.69, 9.17) is 4.74 Å². The molecule has 0 radical (unpaired) electrons. The highest BCUT2D eigenvalue weighted by Crippen LogP contribution is 2.25. The Labute approximate surface area is 155 Å². The number of hydrazone groups is 1. The van der Waals surface area contributed by atoms with Crippen LogP contribution in [-0.4, -0.2) is 72.4 Å². The Morgan fingerprint density at radius 3 is 2.78 bits per heavy atom. The van der Waals surface area contributed by atoms with Crippen molar-refractivity contribution in [3.63, 3.8) is 0 Å². The highest BCUT2D eigenvalue weighted by atomic mass is 16.6. The van der Waals surface area contributed by atoms with Crippen LogP contribution < -0.4 is 10.7 Å². The molecule has 0 unspecified atom stereocenters. The molecule has 1 aliphatic rings. The number of benzene rings is 1. The molecule has 11 heteroatoms. The Morgan fingerprint density at radius 2 is 2.07 bits per heavy atom. The maximum absolute atomic E-state index is 11.7. The van der Waals surface area contributed by atoms with Gasteiger partial charge in [-0.3, -0.25) is 24.6 Å².